The predicted octanol–water partition coefficient (Wildman–Crippen LogP) is 3.78. The molecule has 2 aromatic rings. The molecule has 13 heteroatoms. The Morgan fingerprint density at radius 3 is 1.75 bits per heavy atom. The first-order valence-corrected chi connectivity index (χ1v) is 17.4. The van der Waals surface area contributed by atoms with Crippen LogP contribution in [0, 0.1) is 28.1 Å². The minimum Gasteiger partial charge on any atom is -0.459 e. The highest BCUT2D eigenvalue weighted by molar-refractivity contribution is 5.97. The summed E-state index contributed by atoms with van der Waals surface area (Å²) in [6.07, 6.45) is -7.03. The van der Waals surface area contributed by atoms with E-state index >= 15 is 0 Å². The van der Waals surface area contributed by atoms with Crippen molar-refractivity contribution in [2.45, 2.75) is 90.5 Å². The van der Waals surface area contributed by atoms with Gasteiger partial charge in [-0.05, 0) is 43.5 Å². The number of allylic oxidation sites excluding steroid dienone is 1. The Hall–Kier alpha value is -4.88. The van der Waals surface area contributed by atoms with Gasteiger partial charge in [-0.1, -0.05) is 56.3 Å². The monoisotopic (exact) mass is 734 g/mol. The zero-order valence-corrected chi connectivity index (χ0v) is 30.6. The third kappa shape index (κ3) is 6.65. The Bertz CT molecular complexity index is 1770. The first-order chi connectivity index (χ1) is 24.9. The van der Waals surface area contributed by atoms with Crippen molar-refractivity contribution in [2.75, 3.05) is 6.61 Å². The number of carbonyl (C=O) groups is 6. The molecule has 3 aliphatic carbocycles. The molecule has 3 saturated carbocycles. The van der Waals surface area contributed by atoms with Gasteiger partial charge < -0.3 is 33.9 Å². The fourth-order valence-electron chi connectivity index (χ4n) is 9.25. The number of aliphatic hydroxyl groups excluding tert-OH is 1. The van der Waals surface area contributed by atoms with E-state index in [0.717, 1.165) is 20.8 Å². The van der Waals surface area contributed by atoms with Crippen molar-refractivity contribution in [1.82, 2.24) is 0 Å². The van der Waals surface area contributed by atoms with Crippen LogP contribution in [0.4, 0.5) is 0 Å². The highest BCUT2D eigenvalue weighted by atomic mass is 16.6. The first kappa shape index (κ1) is 39.3. The molecule has 0 heterocycles. The number of Topliss-reactive ketones (excluding diaryl/α,β-unsaturated/α-hetero) is 1. The first-order valence-electron chi connectivity index (χ1n) is 17.4. The van der Waals surface area contributed by atoms with Crippen LogP contribution >= 0.6 is 0 Å². The molecule has 0 radical (unpaired) electrons. The van der Waals surface area contributed by atoms with E-state index < -0.39 is 106 Å². The zero-order chi connectivity index (χ0) is 39.1. The molecule has 3 aliphatic rings. The quantitative estimate of drug-likeness (QED) is 0.215. The van der Waals surface area contributed by atoms with E-state index in [-0.39, 0.29) is 24.0 Å². The molecular weight excluding hydrogens is 688 g/mol. The Balaban J connectivity index is 1.86. The van der Waals surface area contributed by atoms with Crippen LogP contribution in [0.25, 0.3) is 0 Å². The number of esters is 5. The van der Waals surface area contributed by atoms with Crippen LogP contribution in [0.5, 0.6) is 0 Å². The van der Waals surface area contributed by atoms with Crippen LogP contribution in [-0.2, 0) is 42.9 Å². The van der Waals surface area contributed by atoms with E-state index in [0.29, 0.717) is 0 Å². The Morgan fingerprint density at radius 1 is 0.774 bits per heavy atom. The molecular formula is C40H46O13. The van der Waals surface area contributed by atoms with Crippen LogP contribution in [0.3, 0.4) is 0 Å². The molecule has 0 aromatic heterocycles. The highest BCUT2D eigenvalue weighted by Gasteiger charge is 2.80. The molecule has 5 rings (SSSR count). The average Bonchev–Trinajstić information content (AvgIpc) is 3.11. The van der Waals surface area contributed by atoms with Crippen LogP contribution in [0.15, 0.2) is 73.3 Å². The molecule has 0 aliphatic heterocycles. The van der Waals surface area contributed by atoms with Crippen LogP contribution in [-0.4, -0.2) is 88.6 Å². The standard InChI is InChI=1S/C40H46O13/c1-8-38(7)20-27(52-34(45)25-15-11-9-12-16-25)31-39(21-41)28(19-29(49-22(2)42)40(31,48)36(38)47)37(5,6)32(51-24(4)44)30(50-23(3)43)33(39)53-35(46)26-17-13-10-14-18-26/h8-18,27-33,41,48H,1,19-21H2,2-7H3/t27?,28?,29-,30+,31?,32-,33+,38+,39+,40+/m1/s1. The number of hydrogen-bond donors (Lipinski definition) is 2. The third-order valence-corrected chi connectivity index (χ3v) is 11.4. The van der Waals surface area contributed by atoms with Crippen molar-refractivity contribution in [3.05, 3.63) is 84.4 Å². The maximum atomic E-state index is 14.8. The molecule has 284 valence electrons. The molecule has 0 amide bonds. The number of fused-ring (bicyclic) bond motifs is 3. The van der Waals surface area contributed by atoms with Gasteiger partial charge in [-0.15, -0.1) is 6.58 Å². The second-order valence-corrected chi connectivity index (χ2v) is 15.0. The Kier molecular flexibility index (Phi) is 10.8. The van der Waals surface area contributed by atoms with Gasteiger partial charge >= 0.3 is 29.8 Å². The maximum absolute atomic E-state index is 14.8. The number of ether oxygens (including phenoxy) is 5. The van der Waals surface area contributed by atoms with E-state index in [1.54, 1.807) is 50.2 Å². The molecule has 0 bridgehead atoms. The second kappa shape index (κ2) is 14.5. The van der Waals surface area contributed by atoms with Crippen molar-refractivity contribution in [1.29, 1.82) is 0 Å². The largest absolute Gasteiger partial charge is 0.459 e. The summed E-state index contributed by atoms with van der Waals surface area (Å²) in [5.41, 5.74) is -7.40. The summed E-state index contributed by atoms with van der Waals surface area (Å²) in [6, 6.07) is 15.8. The average molecular weight is 735 g/mol. The van der Waals surface area contributed by atoms with Crippen molar-refractivity contribution in [3.63, 3.8) is 0 Å². The second-order valence-electron chi connectivity index (χ2n) is 15.0. The molecule has 3 fully saturated rings. The van der Waals surface area contributed by atoms with E-state index in [4.69, 9.17) is 23.7 Å². The number of benzene rings is 2. The minimum atomic E-state index is -2.71. The number of ketones is 1. The van der Waals surface area contributed by atoms with Gasteiger partial charge in [-0.3, -0.25) is 19.2 Å². The normalized spacial score (nSPS) is 34.3. The van der Waals surface area contributed by atoms with Crippen molar-refractivity contribution >= 4 is 35.6 Å². The Labute approximate surface area is 307 Å². The SMILES string of the molecule is C=C[C@@]1(C)CC(OC(=O)c2ccccc2)C2[C@]3(CO)C(C[C@@H](OC(C)=O)[C@@]2(O)C1=O)C(C)(C)[C@H](OC(C)=O)[C@H](OC(C)=O)[C@@H]3OC(=O)c1ccccc1. The third-order valence-electron chi connectivity index (χ3n) is 11.4. The van der Waals surface area contributed by atoms with Gasteiger partial charge in [0.1, 0.15) is 18.3 Å². The van der Waals surface area contributed by atoms with Crippen molar-refractivity contribution in [3.8, 4) is 0 Å². The lowest BCUT2D eigenvalue weighted by Gasteiger charge is -2.69. The van der Waals surface area contributed by atoms with Crippen molar-refractivity contribution in [2.24, 2.45) is 28.1 Å². The molecule has 2 N–H and O–H groups in total. The molecule has 13 nitrogen and oxygen atoms in total. The molecule has 0 spiro atoms. The van der Waals surface area contributed by atoms with E-state index in [9.17, 15) is 39.0 Å². The fourth-order valence-corrected chi connectivity index (χ4v) is 9.25. The lowest BCUT2D eigenvalue weighted by Crippen LogP contribution is -2.82. The van der Waals surface area contributed by atoms with Gasteiger partial charge in [-0.2, -0.15) is 0 Å². The summed E-state index contributed by atoms with van der Waals surface area (Å²) in [5, 5.41) is 25.0. The van der Waals surface area contributed by atoms with Gasteiger partial charge in [0.05, 0.1) is 23.1 Å². The molecule has 10 atom stereocenters. The topological polar surface area (TPSA) is 189 Å². The molecule has 0 saturated heterocycles. The smallest absolute Gasteiger partial charge is 0.338 e. The number of carbonyl (C=O) groups excluding carboxylic acids is 6. The van der Waals surface area contributed by atoms with Crippen LogP contribution in [0.2, 0.25) is 0 Å². The van der Waals surface area contributed by atoms with Crippen LogP contribution in [0.1, 0.15) is 75.1 Å². The highest BCUT2D eigenvalue weighted by Crippen LogP contribution is 2.68. The number of aliphatic hydroxyl groups is 2. The summed E-state index contributed by atoms with van der Waals surface area (Å²) in [5.74, 6) is -7.79. The predicted molar refractivity (Wildman–Crippen MR) is 186 cm³/mol. The van der Waals surface area contributed by atoms with E-state index in [1.165, 1.54) is 37.3 Å². The van der Waals surface area contributed by atoms with Gasteiger partial charge in [0.25, 0.3) is 0 Å². The lowest BCUT2D eigenvalue weighted by atomic mass is 9.38. The number of hydrogen-bond acceptors (Lipinski definition) is 13. The lowest BCUT2D eigenvalue weighted by molar-refractivity contribution is -0.325. The van der Waals surface area contributed by atoms with Gasteiger partial charge in [0.15, 0.2) is 23.6 Å². The summed E-state index contributed by atoms with van der Waals surface area (Å²) >= 11 is 0. The summed E-state index contributed by atoms with van der Waals surface area (Å²) in [7, 11) is 0. The van der Waals surface area contributed by atoms with Gasteiger partial charge in [-0.25, -0.2) is 9.59 Å². The van der Waals surface area contributed by atoms with Gasteiger partial charge in [0, 0.05) is 43.9 Å². The molecule has 53 heavy (non-hydrogen) atoms. The Morgan fingerprint density at radius 2 is 1.28 bits per heavy atom. The fraction of sp³-hybridized carbons (Fsp3) is 0.500. The minimum absolute atomic E-state index is 0.0717. The summed E-state index contributed by atoms with van der Waals surface area (Å²) in [4.78, 5) is 81.0. The summed E-state index contributed by atoms with van der Waals surface area (Å²) in [6.45, 7) is 11.1. The molecule has 2 aromatic carbocycles. The van der Waals surface area contributed by atoms with E-state index in [1.807, 2.05) is 0 Å². The zero-order valence-electron chi connectivity index (χ0n) is 30.6. The van der Waals surface area contributed by atoms with E-state index in [2.05, 4.69) is 6.58 Å². The van der Waals surface area contributed by atoms with Gasteiger partial charge in [0.2, 0.25) is 0 Å². The maximum Gasteiger partial charge on any atom is 0.338 e. The van der Waals surface area contributed by atoms with Crippen molar-refractivity contribution < 1.29 is 62.7 Å². The number of rotatable bonds is 9. The summed E-state index contributed by atoms with van der Waals surface area (Å²) < 4.78 is 30.0. The molecule has 3 unspecified atom stereocenters. The van der Waals surface area contributed by atoms with Crippen LogP contribution < -0.4 is 0 Å².